The molecular weight excluding hydrogens is 378 g/mol. The molecule has 6 heteroatoms. The molecule has 0 unspecified atom stereocenters. The summed E-state index contributed by atoms with van der Waals surface area (Å²) in [7, 11) is 1.55. The van der Waals surface area contributed by atoms with E-state index in [-0.39, 0.29) is 11.4 Å². The summed E-state index contributed by atoms with van der Waals surface area (Å²) in [4.78, 5) is 13.3. The Kier molecular flexibility index (Phi) is 5.22. The van der Waals surface area contributed by atoms with Gasteiger partial charge >= 0.3 is 0 Å². The lowest BCUT2D eigenvalue weighted by molar-refractivity contribution is 0.415. The highest BCUT2D eigenvalue weighted by atomic mass is 16.5. The maximum Gasteiger partial charge on any atom is 0.265 e. The molecule has 4 rings (SSSR count). The molecule has 0 aliphatic carbocycles. The van der Waals surface area contributed by atoms with Crippen LogP contribution < -0.4 is 15.7 Å². The topological polar surface area (TPSA) is 75.8 Å². The Morgan fingerprint density at radius 2 is 1.73 bits per heavy atom. The zero-order chi connectivity index (χ0) is 21.1. The Hall–Kier alpha value is -4.06. The molecule has 0 saturated heterocycles. The maximum absolute atomic E-state index is 13.3. The van der Waals surface area contributed by atoms with Crippen LogP contribution in [0.25, 0.3) is 16.5 Å². The fraction of sp³-hybridized carbons (Fsp3) is 0.0833. The Labute approximate surface area is 173 Å². The van der Waals surface area contributed by atoms with E-state index in [1.165, 1.54) is 10.8 Å². The van der Waals surface area contributed by atoms with Gasteiger partial charge in [0.1, 0.15) is 5.75 Å². The number of aryl methyl sites for hydroxylation is 1. The van der Waals surface area contributed by atoms with Gasteiger partial charge in [-0.1, -0.05) is 36.4 Å². The molecular formula is C24H21N3O3. The number of nitrogens with zero attached hydrogens (tertiary/aromatic N) is 2. The number of para-hydroxylation sites is 2. The summed E-state index contributed by atoms with van der Waals surface area (Å²) in [6.45, 7) is 1.89. The average Bonchev–Trinajstić information content (AvgIpc) is 2.78. The summed E-state index contributed by atoms with van der Waals surface area (Å²) in [5, 5.41) is 16.4. The standard InChI is InChI=1S/C24H21N3O3/c1-16-8-6-7-11-22(16)27-23(28)20-14-18(30-2)12-13-19(20)21(24(27)29)15-25-26-17-9-4-3-5-10-17/h3-15,26,29H,1-2H3. The van der Waals surface area contributed by atoms with Gasteiger partial charge in [-0.15, -0.1) is 0 Å². The van der Waals surface area contributed by atoms with Crippen molar-refractivity contribution < 1.29 is 9.84 Å². The van der Waals surface area contributed by atoms with Gasteiger partial charge in [0, 0.05) is 5.39 Å². The van der Waals surface area contributed by atoms with Crippen LogP contribution in [0.2, 0.25) is 0 Å². The summed E-state index contributed by atoms with van der Waals surface area (Å²) in [6, 6.07) is 22.1. The van der Waals surface area contributed by atoms with Gasteiger partial charge in [-0.3, -0.25) is 10.2 Å². The fourth-order valence-electron chi connectivity index (χ4n) is 3.37. The summed E-state index contributed by atoms with van der Waals surface area (Å²) in [5.74, 6) is 0.387. The van der Waals surface area contributed by atoms with Crippen molar-refractivity contribution in [3.8, 4) is 17.3 Å². The maximum atomic E-state index is 13.3. The van der Waals surface area contributed by atoms with Crippen LogP contribution in [0.5, 0.6) is 11.6 Å². The number of nitrogens with one attached hydrogen (secondary N) is 1. The summed E-state index contributed by atoms with van der Waals surface area (Å²) in [6.07, 6.45) is 1.52. The third kappa shape index (κ3) is 3.51. The number of methoxy groups -OCH3 is 1. The molecule has 0 bridgehead atoms. The van der Waals surface area contributed by atoms with Gasteiger partial charge in [0.25, 0.3) is 5.56 Å². The molecule has 3 aromatic carbocycles. The van der Waals surface area contributed by atoms with E-state index < -0.39 is 0 Å². The summed E-state index contributed by atoms with van der Waals surface area (Å²) < 4.78 is 6.61. The summed E-state index contributed by atoms with van der Waals surface area (Å²) in [5.41, 5.74) is 5.32. The van der Waals surface area contributed by atoms with Gasteiger partial charge in [-0.2, -0.15) is 5.10 Å². The number of aromatic hydroxyl groups is 1. The molecule has 1 aromatic heterocycles. The second-order valence-corrected chi connectivity index (χ2v) is 6.81. The average molecular weight is 399 g/mol. The number of pyridine rings is 1. The molecule has 0 aliphatic rings. The molecule has 150 valence electrons. The molecule has 0 amide bonds. The largest absolute Gasteiger partial charge is 0.497 e. The van der Waals surface area contributed by atoms with Crippen molar-refractivity contribution in [2.75, 3.05) is 12.5 Å². The molecule has 0 aliphatic heterocycles. The Morgan fingerprint density at radius 3 is 2.47 bits per heavy atom. The van der Waals surface area contributed by atoms with Crippen molar-refractivity contribution in [1.82, 2.24) is 4.57 Å². The number of hydrogen-bond acceptors (Lipinski definition) is 5. The summed E-state index contributed by atoms with van der Waals surface area (Å²) >= 11 is 0. The predicted molar refractivity (Wildman–Crippen MR) is 120 cm³/mol. The van der Waals surface area contributed by atoms with Crippen molar-refractivity contribution in [1.29, 1.82) is 0 Å². The SMILES string of the molecule is COc1ccc2c(C=NNc3ccccc3)c(O)n(-c3ccccc3C)c(=O)c2c1. The molecule has 1 heterocycles. The lowest BCUT2D eigenvalue weighted by atomic mass is 10.1. The van der Waals surface area contributed by atoms with Crippen molar-refractivity contribution in [3.63, 3.8) is 0 Å². The van der Waals surface area contributed by atoms with Crippen molar-refractivity contribution in [3.05, 3.63) is 94.3 Å². The van der Waals surface area contributed by atoms with Gasteiger partial charge < -0.3 is 9.84 Å². The molecule has 30 heavy (non-hydrogen) atoms. The first kappa shape index (κ1) is 19.3. The van der Waals surface area contributed by atoms with Crippen LogP contribution in [-0.4, -0.2) is 23.0 Å². The number of benzene rings is 3. The Balaban J connectivity index is 1.94. The van der Waals surface area contributed by atoms with Crippen LogP contribution in [-0.2, 0) is 0 Å². The molecule has 0 radical (unpaired) electrons. The Bertz CT molecular complexity index is 1290. The number of hydrogen-bond donors (Lipinski definition) is 2. The van der Waals surface area contributed by atoms with Crippen LogP contribution >= 0.6 is 0 Å². The molecule has 0 atom stereocenters. The zero-order valence-corrected chi connectivity index (χ0v) is 16.7. The third-order valence-corrected chi connectivity index (χ3v) is 4.92. The lowest BCUT2D eigenvalue weighted by Crippen LogP contribution is -2.21. The second kappa shape index (κ2) is 8.13. The van der Waals surface area contributed by atoms with E-state index in [0.717, 1.165) is 11.3 Å². The molecule has 0 fully saturated rings. The lowest BCUT2D eigenvalue weighted by Gasteiger charge is -2.16. The van der Waals surface area contributed by atoms with Crippen LogP contribution in [0.4, 0.5) is 5.69 Å². The van der Waals surface area contributed by atoms with Crippen LogP contribution in [0.1, 0.15) is 11.1 Å². The molecule has 6 nitrogen and oxygen atoms in total. The highest BCUT2D eigenvalue weighted by Crippen LogP contribution is 2.29. The number of hydrazone groups is 1. The van der Waals surface area contributed by atoms with Crippen molar-refractivity contribution in [2.45, 2.75) is 6.92 Å². The van der Waals surface area contributed by atoms with Crippen LogP contribution in [0.3, 0.4) is 0 Å². The quantitative estimate of drug-likeness (QED) is 0.384. The minimum absolute atomic E-state index is 0.175. The monoisotopic (exact) mass is 399 g/mol. The molecule has 4 aromatic rings. The van der Waals surface area contributed by atoms with Gasteiger partial charge in [0.05, 0.1) is 35.6 Å². The number of rotatable bonds is 5. The highest BCUT2D eigenvalue weighted by Gasteiger charge is 2.18. The first-order valence-corrected chi connectivity index (χ1v) is 9.46. The Morgan fingerprint density at radius 1 is 1.00 bits per heavy atom. The minimum atomic E-state index is -0.330. The van der Waals surface area contributed by atoms with E-state index >= 15 is 0 Å². The van der Waals surface area contributed by atoms with E-state index in [9.17, 15) is 9.90 Å². The number of fused-ring (bicyclic) bond motifs is 1. The van der Waals surface area contributed by atoms with Gasteiger partial charge in [-0.25, -0.2) is 4.57 Å². The van der Waals surface area contributed by atoms with Crippen molar-refractivity contribution in [2.24, 2.45) is 5.10 Å². The number of aromatic nitrogens is 1. The third-order valence-electron chi connectivity index (χ3n) is 4.92. The molecule has 2 N–H and O–H groups in total. The van der Waals surface area contributed by atoms with Crippen molar-refractivity contribution >= 4 is 22.7 Å². The fourth-order valence-corrected chi connectivity index (χ4v) is 3.37. The van der Waals surface area contributed by atoms with E-state index in [0.29, 0.717) is 27.8 Å². The van der Waals surface area contributed by atoms with E-state index in [2.05, 4.69) is 10.5 Å². The second-order valence-electron chi connectivity index (χ2n) is 6.81. The molecule has 0 spiro atoms. The zero-order valence-electron chi connectivity index (χ0n) is 16.7. The van der Waals surface area contributed by atoms with Gasteiger partial charge in [0.2, 0.25) is 5.88 Å². The number of anilines is 1. The van der Waals surface area contributed by atoms with Crippen LogP contribution in [0.15, 0.2) is 82.7 Å². The normalized spacial score (nSPS) is 11.1. The highest BCUT2D eigenvalue weighted by molar-refractivity contribution is 6.02. The number of ether oxygens (including phenoxy) is 1. The minimum Gasteiger partial charge on any atom is -0.497 e. The van der Waals surface area contributed by atoms with E-state index in [1.807, 2.05) is 55.5 Å². The van der Waals surface area contributed by atoms with Gasteiger partial charge in [-0.05, 0) is 48.9 Å². The molecule has 0 saturated carbocycles. The predicted octanol–water partition coefficient (Wildman–Crippen LogP) is 4.46. The first-order chi connectivity index (χ1) is 14.6. The van der Waals surface area contributed by atoms with E-state index in [4.69, 9.17) is 4.74 Å². The van der Waals surface area contributed by atoms with Gasteiger partial charge in [0.15, 0.2) is 0 Å². The van der Waals surface area contributed by atoms with E-state index in [1.54, 1.807) is 31.4 Å². The first-order valence-electron chi connectivity index (χ1n) is 9.46. The smallest absolute Gasteiger partial charge is 0.265 e. The van der Waals surface area contributed by atoms with Crippen LogP contribution in [0, 0.1) is 6.92 Å².